The van der Waals surface area contributed by atoms with Crippen molar-refractivity contribution in [3.05, 3.63) is 29.8 Å². The van der Waals surface area contributed by atoms with Crippen molar-refractivity contribution in [3.8, 4) is 5.75 Å². The van der Waals surface area contributed by atoms with Gasteiger partial charge in [0.05, 0.1) is 7.11 Å². The Balaban J connectivity index is 1.06. The molecule has 8 heteroatoms. The van der Waals surface area contributed by atoms with Crippen LogP contribution < -0.4 is 10.1 Å². The summed E-state index contributed by atoms with van der Waals surface area (Å²) in [6.45, 7) is 3.71. The molecule has 4 fully saturated rings. The van der Waals surface area contributed by atoms with Gasteiger partial charge in [-0.05, 0) is 68.1 Å². The van der Waals surface area contributed by atoms with Crippen molar-refractivity contribution in [1.29, 1.82) is 0 Å². The van der Waals surface area contributed by atoms with Gasteiger partial charge in [-0.2, -0.15) is 0 Å². The second-order valence-electron chi connectivity index (χ2n) is 10.7. The van der Waals surface area contributed by atoms with Gasteiger partial charge in [-0.1, -0.05) is 12.1 Å². The van der Waals surface area contributed by atoms with Crippen LogP contribution in [0.3, 0.4) is 0 Å². The standard InChI is InChI=1S/C27H38N4O4/c1-35-23-8-5-19(6-9-23)7-10-25(32)28-22-11-13-29(14-12-22)27(34)30-16-20-15-21(18-30)24-3-2-4-26(33)31(24)17-20/h5-6,8-9,20-22,24H,2-4,7,10-18H2,1H3,(H,28,32)/t20?,21?,24-/m1/s1. The molecular weight excluding hydrogens is 444 g/mol. The Bertz CT molecular complexity index is 928. The van der Waals surface area contributed by atoms with Crippen LogP contribution in [0.25, 0.3) is 0 Å². The van der Waals surface area contributed by atoms with Crippen LogP contribution in [0.1, 0.15) is 50.5 Å². The zero-order chi connectivity index (χ0) is 24.4. The molecule has 5 rings (SSSR count). The Labute approximate surface area is 207 Å². The first-order chi connectivity index (χ1) is 17.0. The van der Waals surface area contributed by atoms with Crippen molar-refractivity contribution in [1.82, 2.24) is 20.0 Å². The Hall–Kier alpha value is -2.77. The zero-order valence-corrected chi connectivity index (χ0v) is 20.8. The number of hydrogen-bond donors (Lipinski definition) is 1. The van der Waals surface area contributed by atoms with Gasteiger partial charge in [-0.15, -0.1) is 0 Å². The lowest BCUT2D eigenvalue weighted by molar-refractivity contribution is -0.144. The van der Waals surface area contributed by atoms with Crippen molar-refractivity contribution < 1.29 is 19.1 Å². The Kier molecular flexibility index (Phi) is 7.16. The monoisotopic (exact) mass is 482 g/mol. The molecule has 4 heterocycles. The molecule has 1 N–H and O–H groups in total. The molecule has 2 bridgehead atoms. The van der Waals surface area contributed by atoms with Gasteiger partial charge in [-0.3, -0.25) is 9.59 Å². The Morgan fingerprint density at radius 3 is 2.54 bits per heavy atom. The molecule has 4 amide bonds. The van der Waals surface area contributed by atoms with E-state index in [2.05, 4.69) is 10.2 Å². The van der Waals surface area contributed by atoms with Gasteiger partial charge in [0.15, 0.2) is 0 Å². The Morgan fingerprint density at radius 1 is 1.03 bits per heavy atom. The number of ether oxygens (including phenoxy) is 1. The van der Waals surface area contributed by atoms with Gasteiger partial charge in [0.25, 0.3) is 0 Å². The number of aryl methyl sites for hydroxylation is 1. The van der Waals surface area contributed by atoms with Crippen molar-refractivity contribution in [2.75, 3.05) is 39.8 Å². The second-order valence-corrected chi connectivity index (χ2v) is 10.7. The number of rotatable bonds is 5. The Morgan fingerprint density at radius 2 is 1.80 bits per heavy atom. The van der Waals surface area contributed by atoms with Crippen molar-refractivity contribution >= 4 is 17.8 Å². The average Bonchev–Trinajstić information content (AvgIpc) is 2.88. The number of carbonyl (C=O) groups excluding carboxylic acids is 3. The average molecular weight is 483 g/mol. The second kappa shape index (κ2) is 10.5. The summed E-state index contributed by atoms with van der Waals surface area (Å²) in [6.07, 6.45) is 6.64. The topological polar surface area (TPSA) is 82.2 Å². The third-order valence-corrected chi connectivity index (χ3v) is 8.38. The van der Waals surface area contributed by atoms with E-state index in [1.165, 1.54) is 0 Å². The van der Waals surface area contributed by atoms with Crippen molar-refractivity contribution in [3.63, 3.8) is 0 Å². The number of carbonyl (C=O) groups is 3. The number of fused-ring (bicyclic) bond motifs is 4. The van der Waals surface area contributed by atoms with E-state index in [0.717, 1.165) is 63.1 Å². The summed E-state index contributed by atoms with van der Waals surface area (Å²) in [5.41, 5.74) is 1.12. The molecule has 0 saturated carbocycles. The number of nitrogens with zero attached hydrogens (tertiary/aromatic N) is 3. The number of piperidine rings is 4. The maximum absolute atomic E-state index is 13.3. The summed E-state index contributed by atoms with van der Waals surface area (Å²) in [5, 5.41) is 3.17. The van der Waals surface area contributed by atoms with Crippen LogP contribution in [-0.4, -0.2) is 84.5 Å². The predicted octanol–water partition coefficient (Wildman–Crippen LogP) is 2.66. The van der Waals surface area contributed by atoms with Crippen molar-refractivity contribution in [2.45, 2.75) is 63.5 Å². The SMILES string of the molecule is COc1ccc(CCC(=O)NC2CCN(C(=O)N3CC4CC(C3)[C@H]3CCCC(=O)N3C4)CC2)cc1. The molecule has 4 saturated heterocycles. The lowest BCUT2D eigenvalue weighted by atomic mass is 9.76. The molecule has 2 unspecified atom stereocenters. The number of urea groups is 1. The molecule has 0 spiro atoms. The third-order valence-electron chi connectivity index (χ3n) is 8.38. The van der Waals surface area contributed by atoms with Gasteiger partial charge < -0.3 is 24.8 Å². The maximum atomic E-state index is 13.3. The first-order valence-electron chi connectivity index (χ1n) is 13.3. The van der Waals surface area contributed by atoms with Crippen LogP contribution in [0.2, 0.25) is 0 Å². The molecule has 35 heavy (non-hydrogen) atoms. The van der Waals surface area contributed by atoms with E-state index in [1.807, 2.05) is 34.1 Å². The highest BCUT2D eigenvalue weighted by Crippen LogP contribution is 2.38. The highest BCUT2D eigenvalue weighted by molar-refractivity contribution is 5.78. The molecule has 0 aliphatic carbocycles. The van der Waals surface area contributed by atoms with Crippen LogP contribution in [0.4, 0.5) is 4.79 Å². The van der Waals surface area contributed by atoms with E-state index in [1.54, 1.807) is 7.11 Å². The minimum atomic E-state index is 0.0704. The summed E-state index contributed by atoms with van der Waals surface area (Å²) in [5.74, 6) is 2.01. The van der Waals surface area contributed by atoms with Gasteiger partial charge >= 0.3 is 6.03 Å². The van der Waals surface area contributed by atoms with Crippen LogP contribution in [0, 0.1) is 11.8 Å². The summed E-state index contributed by atoms with van der Waals surface area (Å²) in [4.78, 5) is 44.3. The molecule has 0 radical (unpaired) electrons. The normalized spacial score (nSPS) is 26.8. The van der Waals surface area contributed by atoms with Gasteiger partial charge in [0.1, 0.15) is 5.75 Å². The largest absolute Gasteiger partial charge is 0.497 e. The fourth-order valence-corrected chi connectivity index (χ4v) is 6.53. The smallest absolute Gasteiger partial charge is 0.320 e. The lowest BCUT2D eigenvalue weighted by Gasteiger charge is -2.53. The molecule has 8 nitrogen and oxygen atoms in total. The first kappa shape index (κ1) is 23.9. The number of hydrogen-bond acceptors (Lipinski definition) is 4. The van der Waals surface area contributed by atoms with Gasteiger partial charge in [-0.25, -0.2) is 4.79 Å². The molecule has 4 aliphatic rings. The highest BCUT2D eigenvalue weighted by Gasteiger charge is 2.45. The maximum Gasteiger partial charge on any atom is 0.320 e. The van der Waals surface area contributed by atoms with E-state index in [9.17, 15) is 14.4 Å². The molecule has 1 aromatic rings. The van der Waals surface area contributed by atoms with E-state index < -0.39 is 0 Å². The number of amides is 4. The fourth-order valence-electron chi connectivity index (χ4n) is 6.53. The first-order valence-corrected chi connectivity index (χ1v) is 13.3. The minimum absolute atomic E-state index is 0.0704. The minimum Gasteiger partial charge on any atom is -0.497 e. The fraction of sp³-hybridized carbons (Fsp3) is 0.667. The van der Waals surface area contributed by atoms with Crippen LogP contribution in [0.5, 0.6) is 5.75 Å². The number of benzene rings is 1. The molecule has 190 valence electrons. The highest BCUT2D eigenvalue weighted by atomic mass is 16.5. The van der Waals surface area contributed by atoms with Gasteiger partial charge in [0, 0.05) is 57.6 Å². The van der Waals surface area contributed by atoms with E-state index in [4.69, 9.17) is 4.74 Å². The number of nitrogens with one attached hydrogen (secondary N) is 1. The van der Waals surface area contributed by atoms with E-state index in [0.29, 0.717) is 56.1 Å². The molecular formula is C27H38N4O4. The van der Waals surface area contributed by atoms with E-state index >= 15 is 0 Å². The van der Waals surface area contributed by atoms with Crippen LogP contribution >= 0.6 is 0 Å². The third kappa shape index (κ3) is 5.41. The van der Waals surface area contributed by atoms with E-state index in [-0.39, 0.29) is 18.0 Å². The lowest BCUT2D eigenvalue weighted by Crippen LogP contribution is -2.62. The molecule has 4 aliphatic heterocycles. The van der Waals surface area contributed by atoms with Crippen LogP contribution in [-0.2, 0) is 16.0 Å². The van der Waals surface area contributed by atoms with Gasteiger partial charge in [0.2, 0.25) is 11.8 Å². The zero-order valence-electron chi connectivity index (χ0n) is 20.8. The number of methoxy groups -OCH3 is 1. The summed E-state index contributed by atoms with van der Waals surface area (Å²) >= 11 is 0. The summed E-state index contributed by atoms with van der Waals surface area (Å²) in [7, 11) is 1.64. The predicted molar refractivity (Wildman–Crippen MR) is 132 cm³/mol. The molecule has 1 aromatic carbocycles. The number of likely N-dealkylation sites (tertiary alicyclic amines) is 2. The molecule has 3 atom stereocenters. The quantitative estimate of drug-likeness (QED) is 0.700. The van der Waals surface area contributed by atoms with Crippen molar-refractivity contribution in [2.24, 2.45) is 11.8 Å². The van der Waals surface area contributed by atoms with Crippen LogP contribution in [0.15, 0.2) is 24.3 Å². The summed E-state index contributed by atoms with van der Waals surface area (Å²) in [6, 6.07) is 8.41. The summed E-state index contributed by atoms with van der Waals surface area (Å²) < 4.78 is 5.18. The molecule has 0 aromatic heterocycles.